The first-order valence-electron chi connectivity index (χ1n) is 7.40. The maximum Gasteiger partial charge on any atom is 0.445 e. The molecule has 1 aromatic carbocycles. The Morgan fingerprint density at radius 2 is 1.69 bits per heavy atom. The molecule has 0 atom stereocenters. The van der Waals surface area contributed by atoms with Crippen LogP contribution in [0.5, 0.6) is 0 Å². The molecule has 0 radical (unpaired) electrons. The van der Waals surface area contributed by atoms with E-state index in [2.05, 4.69) is 47.4 Å². The predicted octanol–water partition coefficient (Wildman–Crippen LogP) is 4.44. The van der Waals surface area contributed by atoms with Crippen molar-refractivity contribution in [3.05, 3.63) is 32.2 Å². The third kappa shape index (κ3) is 4.65. The second kappa shape index (κ2) is 7.69. The number of benzene rings is 1. The van der Waals surface area contributed by atoms with Crippen LogP contribution in [0.1, 0.15) is 5.01 Å². The second-order valence-electron chi connectivity index (χ2n) is 5.45. The number of urea groups is 1. The van der Waals surface area contributed by atoms with E-state index in [1.165, 1.54) is 0 Å². The molecule has 12 heteroatoms. The Balaban J connectivity index is 1.58. The average molecular weight is 515 g/mol. The lowest BCUT2D eigenvalue weighted by Crippen LogP contribution is -2.50. The summed E-state index contributed by atoms with van der Waals surface area (Å²) in [6, 6.07) is 5.14. The van der Waals surface area contributed by atoms with Crippen LogP contribution in [0.25, 0.3) is 0 Å². The summed E-state index contributed by atoms with van der Waals surface area (Å²) in [4.78, 5) is 15.7. The highest BCUT2D eigenvalue weighted by molar-refractivity contribution is 9.11. The molecule has 3 rings (SSSR count). The fraction of sp³-hybridized carbons (Fsp3) is 0.357. The molecule has 6 nitrogen and oxygen atoms in total. The monoisotopic (exact) mass is 513 g/mol. The van der Waals surface area contributed by atoms with Crippen molar-refractivity contribution in [2.45, 2.75) is 6.18 Å². The minimum atomic E-state index is -4.49. The highest BCUT2D eigenvalue weighted by Gasteiger charge is 2.36. The quantitative estimate of drug-likeness (QED) is 0.643. The molecule has 0 spiro atoms. The number of piperazine rings is 1. The highest BCUT2D eigenvalue weighted by atomic mass is 79.9. The van der Waals surface area contributed by atoms with Crippen LogP contribution < -0.4 is 10.2 Å². The van der Waals surface area contributed by atoms with Crippen molar-refractivity contribution in [2.24, 2.45) is 0 Å². The van der Waals surface area contributed by atoms with Crippen LogP contribution in [-0.4, -0.2) is 47.3 Å². The normalized spacial score (nSPS) is 15.3. The van der Waals surface area contributed by atoms with Crippen LogP contribution in [0.2, 0.25) is 0 Å². The second-order valence-corrected chi connectivity index (χ2v) is 8.24. The number of rotatable bonds is 2. The van der Waals surface area contributed by atoms with Crippen molar-refractivity contribution in [2.75, 3.05) is 36.4 Å². The van der Waals surface area contributed by atoms with Gasteiger partial charge in [0.1, 0.15) is 0 Å². The van der Waals surface area contributed by atoms with Crippen molar-refractivity contribution >= 4 is 60.0 Å². The molecule has 2 heterocycles. The Kier molecular flexibility index (Phi) is 5.72. The number of hydrogen-bond donors (Lipinski definition) is 1. The van der Waals surface area contributed by atoms with Gasteiger partial charge in [0.2, 0.25) is 10.1 Å². The summed E-state index contributed by atoms with van der Waals surface area (Å²) in [5.74, 6) is 0. The third-order valence-corrected chi connectivity index (χ3v) is 5.55. The van der Waals surface area contributed by atoms with Crippen molar-refractivity contribution in [1.82, 2.24) is 15.1 Å². The number of hydrogen-bond acceptors (Lipinski definition) is 5. The number of nitrogens with one attached hydrogen (secondary N) is 1. The lowest BCUT2D eigenvalue weighted by molar-refractivity contribution is -0.138. The van der Waals surface area contributed by atoms with Gasteiger partial charge in [0, 0.05) is 40.8 Å². The number of alkyl halides is 3. The molecule has 1 saturated heterocycles. The van der Waals surface area contributed by atoms with E-state index in [4.69, 9.17) is 0 Å². The Bertz CT molecular complexity index is 788. The molecule has 140 valence electrons. The van der Waals surface area contributed by atoms with Gasteiger partial charge in [-0.25, -0.2) is 4.79 Å². The molecule has 1 aromatic heterocycles. The molecule has 0 aliphatic carbocycles. The Labute approximate surface area is 167 Å². The van der Waals surface area contributed by atoms with E-state index in [9.17, 15) is 18.0 Å². The van der Waals surface area contributed by atoms with Crippen LogP contribution in [0, 0.1) is 0 Å². The van der Waals surface area contributed by atoms with Crippen LogP contribution in [0.4, 0.5) is 28.8 Å². The molecular weight excluding hydrogens is 503 g/mol. The summed E-state index contributed by atoms with van der Waals surface area (Å²) in [7, 11) is 0. The Morgan fingerprint density at radius 1 is 1.08 bits per heavy atom. The number of amides is 2. The van der Waals surface area contributed by atoms with Crippen molar-refractivity contribution in [3.8, 4) is 0 Å². The first-order chi connectivity index (χ1) is 12.2. The van der Waals surface area contributed by atoms with E-state index in [0.717, 1.165) is 8.95 Å². The molecule has 0 bridgehead atoms. The number of nitrogens with zero attached hydrogens (tertiary/aromatic N) is 4. The van der Waals surface area contributed by atoms with Gasteiger partial charge in [-0.05, 0) is 18.2 Å². The van der Waals surface area contributed by atoms with Gasteiger partial charge >= 0.3 is 12.2 Å². The number of halogens is 5. The number of carbonyl (C=O) groups is 1. The SMILES string of the molecule is O=C(Nc1cc(Br)cc(Br)c1)N1CCN(c2nnc(C(F)(F)F)s2)CC1. The molecule has 2 aromatic rings. The van der Waals surface area contributed by atoms with Crippen LogP contribution in [0.3, 0.4) is 0 Å². The van der Waals surface area contributed by atoms with E-state index < -0.39 is 11.2 Å². The van der Waals surface area contributed by atoms with Gasteiger partial charge in [0.15, 0.2) is 0 Å². The predicted molar refractivity (Wildman–Crippen MR) is 99.6 cm³/mol. The Morgan fingerprint density at radius 3 is 2.23 bits per heavy atom. The molecule has 0 saturated carbocycles. The lowest BCUT2D eigenvalue weighted by Gasteiger charge is -2.34. The Hall–Kier alpha value is -1.40. The van der Waals surface area contributed by atoms with E-state index in [1.807, 2.05) is 6.07 Å². The van der Waals surface area contributed by atoms with Gasteiger partial charge in [0.05, 0.1) is 0 Å². The smallest absolute Gasteiger partial charge is 0.343 e. The zero-order valence-electron chi connectivity index (χ0n) is 13.1. The molecule has 1 fully saturated rings. The van der Waals surface area contributed by atoms with Crippen molar-refractivity contribution in [3.63, 3.8) is 0 Å². The summed E-state index contributed by atoms with van der Waals surface area (Å²) in [6.45, 7) is 1.54. The topological polar surface area (TPSA) is 61.4 Å². The van der Waals surface area contributed by atoms with Gasteiger partial charge in [-0.2, -0.15) is 13.2 Å². The average Bonchev–Trinajstić information content (AvgIpc) is 3.04. The number of anilines is 2. The third-order valence-electron chi connectivity index (χ3n) is 3.61. The van der Waals surface area contributed by atoms with E-state index in [1.54, 1.807) is 21.9 Å². The molecule has 1 aliphatic rings. The van der Waals surface area contributed by atoms with Gasteiger partial charge in [-0.1, -0.05) is 43.2 Å². The lowest BCUT2D eigenvalue weighted by atomic mass is 10.3. The number of aromatic nitrogens is 2. The molecule has 0 unspecified atom stereocenters. The zero-order chi connectivity index (χ0) is 18.9. The van der Waals surface area contributed by atoms with Gasteiger partial charge < -0.3 is 15.1 Å². The van der Waals surface area contributed by atoms with Crippen molar-refractivity contribution < 1.29 is 18.0 Å². The van der Waals surface area contributed by atoms with E-state index in [-0.39, 0.29) is 11.2 Å². The molecule has 1 aliphatic heterocycles. The summed E-state index contributed by atoms with van der Waals surface area (Å²) in [6.07, 6.45) is -4.49. The van der Waals surface area contributed by atoms with E-state index in [0.29, 0.717) is 43.2 Å². The standard InChI is InChI=1S/C14H12Br2F3N5OS/c15-8-5-9(16)7-10(6-8)20-12(25)23-1-3-24(4-2-23)13-22-21-11(26-13)14(17,18)19/h5-7H,1-4H2,(H,20,25). The van der Waals surface area contributed by atoms with Crippen molar-refractivity contribution in [1.29, 1.82) is 0 Å². The highest BCUT2D eigenvalue weighted by Crippen LogP contribution is 2.34. The minimum Gasteiger partial charge on any atom is -0.343 e. The minimum absolute atomic E-state index is 0.216. The molecule has 2 amide bonds. The summed E-state index contributed by atoms with van der Waals surface area (Å²) < 4.78 is 39.5. The van der Waals surface area contributed by atoms with Crippen LogP contribution >= 0.6 is 43.2 Å². The number of carbonyl (C=O) groups excluding carboxylic acids is 1. The molecule has 1 N–H and O–H groups in total. The first kappa shape index (κ1) is 19.4. The van der Waals surface area contributed by atoms with E-state index >= 15 is 0 Å². The molecule has 26 heavy (non-hydrogen) atoms. The maximum atomic E-state index is 12.6. The fourth-order valence-electron chi connectivity index (χ4n) is 2.39. The van der Waals surface area contributed by atoms with Gasteiger partial charge in [0.25, 0.3) is 0 Å². The fourth-order valence-corrected chi connectivity index (χ4v) is 4.44. The van der Waals surface area contributed by atoms with Gasteiger partial charge in [-0.3, -0.25) is 0 Å². The largest absolute Gasteiger partial charge is 0.445 e. The summed E-state index contributed by atoms with van der Waals surface area (Å²) in [5, 5.41) is 8.85. The van der Waals surface area contributed by atoms with Crippen LogP contribution in [0.15, 0.2) is 27.1 Å². The van der Waals surface area contributed by atoms with Crippen LogP contribution in [-0.2, 0) is 6.18 Å². The molecular formula is C14H12Br2F3N5OS. The first-order valence-corrected chi connectivity index (χ1v) is 9.80. The van der Waals surface area contributed by atoms with Gasteiger partial charge in [-0.15, -0.1) is 10.2 Å². The maximum absolute atomic E-state index is 12.6. The zero-order valence-corrected chi connectivity index (χ0v) is 17.0. The summed E-state index contributed by atoms with van der Waals surface area (Å²) in [5.41, 5.74) is 0.637. The summed E-state index contributed by atoms with van der Waals surface area (Å²) >= 11 is 7.22.